The van der Waals surface area contributed by atoms with E-state index in [1.807, 2.05) is 38.1 Å². The number of benzene rings is 2. The van der Waals surface area contributed by atoms with Crippen LogP contribution in [0.1, 0.15) is 25.0 Å². The molecule has 2 aromatic carbocycles. The zero-order valence-corrected chi connectivity index (χ0v) is 13.3. The number of carbonyl (C=O) groups is 1. The van der Waals surface area contributed by atoms with Gasteiger partial charge in [0.05, 0.1) is 6.10 Å². The number of rotatable bonds is 4. The Labute approximate surface area is 139 Å². The normalized spacial score (nSPS) is 15.6. The van der Waals surface area contributed by atoms with Crippen LogP contribution < -0.4 is 4.74 Å². The molecule has 0 bridgehead atoms. The lowest BCUT2D eigenvalue weighted by atomic mass is 10.2. The molecule has 122 valence electrons. The molecule has 1 heterocycles. The van der Waals surface area contributed by atoms with Gasteiger partial charge in [0.2, 0.25) is 5.90 Å². The van der Waals surface area contributed by atoms with Crippen molar-refractivity contribution in [1.29, 1.82) is 0 Å². The molecule has 4 nitrogen and oxygen atoms in total. The number of cyclic esters (lactones) is 1. The van der Waals surface area contributed by atoms with Gasteiger partial charge in [0, 0.05) is 5.56 Å². The van der Waals surface area contributed by atoms with Gasteiger partial charge < -0.3 is 9.47 Å². The maximum Gasteiger partial charge on any atom is 0.363 e. The molecule has 2 aromatic rings. The number of ether oxygens (including phenoxy) is 2. The average Bonchev–Trinajstić information content (AvgIpc) is 2.90. The van der Waals surface area contributed by atoms with E-state index in [-0.39, 0.29) is 17.7 Å². The summed E-state index contributed by atoms with van der Waals surface area (Å²) in [6, 6.07) is 13.1. The fraction of sp³-hybridized carbons (Fsp3) is 0.158. The molecule has 5 heteroatoms. The summed E-state index contributed by atoms with van der Waals surface area (Å²) in [5.74, 6) is -0.114. The van der Waals surface area contributed by atoms with Gasteiger partial charge in [-0.25, -0.2) is 14.2 Å². The van der Waals surface area contributed by atoms with Gasteiger partial charge in [-0.05, 0) is 55.8 Å². The summed E-state index contributed by atoms with van der Waals surface area (Å²) < 4.78 is 24.0. The van der Waals surface area contributed by atoms with Gasteiger partial charge in [0.1, 0.15) is 11.6 Å². The topological polar surface area (TPSA) is 47.9 Å². The summed E-state index contributed by atoms with van der Waals surface area (Å²) >= 11 is 0. The van der Waals surface area contributed by atoms with E-state index in [4.69, 9.17) is 9.47 Å². The fourth-order valence-corrected chi connectivity index (χ4v) is 2.23. The number of esters is 1. The second-order valence-corrected chi connectivity index (χ2v) is 5.58. The van der Waals surface area contributed by atoms with E-state index >= 15 is 0 Å². The fourth-order valence-electron chi connectivity index (χ4n) is 2.23. The van der Waals surface area contributed by atoms with Crippen LogP contribution in [-0.4, -0.2) is 18.0 Å². The molecule has 0 aliphatic carbocycles. The Morgan fingerprint density at radius 3 is 2.58 bits per heavy atom. The Balaban J connectivity index is 1.83. The molecule has 0 amide bonds. The average molecular weight is 325 g/mol. The zero-order chi connectivity index (χ0) is 17.1. The first-order chi connectivity index (χ1) is 11.5. The van der Waals surface area contributed by atoms with E-state index in [0.717, 1.165) is 11.3 Å². The second kappa shape index (κ2) is 6.66. The van der Waals surface area contributed by atoms with E-state index in [1.165, 1.54) is 18.2 Å². The number of halogens is 1. The van der Waals surface area contributed by atoms with Crippen LogP contribution in [0.3, 0.4) is 0 Å². The Morgan fingerprint density at radius 1 is 1.17 bits per heavy atom. The van der Waals surface area contributed by atoms with Crippen LogP contribution in [0.4, 0.5) is 4.39 Å². The summed E-state index contributed by atoms with van der Waals surface area (Å²) in [5.41, 5.74) is 1.39. The quantitative estimate of drug-likeness (QED) is 0.631. The molecular formula is C19H16FNO3. The summed E-state index contributed by atoms with van der Waals surface area (Å²) in [6.45, 7) is 3.90. The monoisotopic (exact) mass is 325 g/mol. The van der Waals surface area contributed by atoms with Gasteiger partial charge >= 0.3 is 5.97 Å². The highest BCUT2D eigenvalue weighted by molar-refractivity contribution is 6.12. The summed E-state index contributed by atoms with van der Waals surface area (Å²) in [5, 5.41) is 0. The second-order valence-electron chi connectivity index (χ2n) is 5.58. The minimum absolute atomic E-state index is 0.0949. The maximum atomic E-state index is 13.3. The van der Waals surface area contributed by atoms with Gasteiger partial charge in [0.25, 0.3) is 0 Å². The van der Waals surface area contributed by atoms with Gasteiger partial charge in [-0.1, -0.05) is 18.2 Å². The van der Waals surface area contributed by atoms with Crippen LogP contribution in [0.15, 0.2) is 59.2 Å². The number of hydrogen-bond acceptors (Lipinski definition) is 4. The third kappa shape index (κ3) is 3.68. The molecule has 0 atom stereocenters. The minimum atomic E-state index is -0.559. The van der Waals surface area contributed by atoms with Crippen LogP contribution in [0, 0.1) is 5.82 Å². The van der Waals surface area contributed by atoms with Crippen LogP contribution in [0.2, 0.25) is 0 Å². The molecule has 0 aromatic heterocycles. The Hall–Kier alpha value is -2.95. The highest BCUT2D eigenvalue weighted by Gasteiger charge is 2.24. The molecule has 0 fully saturated rings. The number of aliphatic imine (C=N–C) groups is 1. The molecule has 0 unspecified atom stereocenters. The lowest BCUT2D eigenvalue weighted by Gasteiger charge is -2.09. The molecule has 1 aliphatic rings. The van der Waals surface area contributed by atoms with Gasteiger partial charge in [-0.15, -0.1) is 0 Å². The van der Waals surface area contributed by atoms with Crippen molar-refractivity contribution in [3.8, 4) is 5.75 Å². The van der Waals surface area contributed by atoms with Crippen molar-refractivity contribution in [2.24, 2.45) is 4.99 Å². The predicted molar refractivity (Wildman–Crippen MR) is 89.2 cm³/mol. The van der Waals surface area contributed by atoms with Crippen LogP contribution >= 0.6 is 0 Å². The Kier molecular flexibility index (Phi) is 4.42. The highest BCUT2D eigenvalue weighted by atomic mass is 19.1. The maximum absolute atomic E-state index is 13.3. The predicted octanol–water partition coefficient (Wildman–Crippen LogP) is 3.96. The minimum Gasteiger partial charge on any atom is -0.491 e. The van der Waals surface area contributed by atoms with Crippen molar-refractivity contribution < 1.29 is 18.7 Å². The van der Waals surface area contributed by atoms with Crippen LogP contribution in [0.5, 0.6) is 5.75 Å². The molecular weight excluding hydrogens is 309 g/mol. The van der Waals surface area contributed by atoms with E-state index in [2.05, 4.69) is 4.99 Å². The third-order valence-corrected chi connectivity index (χ3v) is 3.25. The number of nitrogens with zero attached hydrogens (tertiary/aromatic N) is 1. The van der Waals surface area contributed by atoms with Gasteiger partial charge in [-0.3, -0.25) is 0 Å². The van der Waals surface area contributed by atoms with Crippen molar-refractivity contribution in [1.82, 2.24) is 0 Å². The van der Waals surface area contributed by atoms with Crippen molar-refractivity contribution in [2.45, 2.75) is 20.0 Å². The van der Waals surface area contributed by atoms with E-state index in [9.17, 15) is 9.18 Å². The lowest BCUT2D eigenvalue weighted by Crippen LogP contribution is -2.05. The largest absolute Gasteiger partial charge is 0.491 e. The van der Waals surface area contributed by atoms with Gasteiger partial charge in [0.15, 0.2) is 5.70 Å². The molecule has 0 saturated heterocycles. The van der Waals surface area contributed by atoms with Crippen molar-refractivity contribution in [3.05, 3.63) is 71.2 Å². The molecule has 0 N–H and O–H groups in total. The first-order valence-electron chi connectivity index (χ1n) is 7.56. The van der Waals surface area contributed by atoms with Crippen molar-refractivity contribution in [2.75, 3.05) is 0 Å². The number of carbonyl (C=O) groups excluding carboxylic acids is 1. The van der Waals surface area contributed by atoms with E-state index in [1.54, 1.807) is 12.1 Å². The SMILES string of the molecule is CC(C)Oc1ccc(/C=C2\N=C(c3cccc(F)c3)OC2=O)cc1. The zero-order valence-electron chi connectivity index (χ0n) is 13.3. The van der Waals surface area contributed by atoms with Gasteiger partial charge in [-0.2, -0.15) is 0 Å². The summed E-state index contributed by atoms with van der Waals surface area (Å²) in [7, 11) is 0. The Morgan fingerprint density at radius 2 is 1.92 bits per heavy atom. The van der Waals surface area contributed by atoms with Crippen molar-refractivity contribution >= 4 is 17.9 Å². The van der Waals surface area contributed by atoms with Crippen molar-refractivity contribution in [3.63, 3.8) is 0 Å². The Bertz CT molecular complexity index is 823. The van der Waals surface area contributed by atoms with Crippen LogP contribution in [0.25, 0.3) is 6.08 Å². The summed E-state index contributed by atoms with van der Waals surface area (Å²) in [6.07, 6.45) is 1.71. The van der Waals surface area contributed by atoms with E-state index < -0.39 is 11.8 Å². The molecule has 0 spiro atoms. The van der Waals surface area contributed by atoms with E-state index in [0.29, 0.717) is 5.56 Å². The molecule has 3 rings (SSSR count). The molecule has 24 heavy (non-hydrogen) atoms. The first kappa shape index (κ1) is 15.9. The third-order valence-electron chi connectivity index (χ3n) is 3.25. The lowest BCUT2D eigenvalue weighted by molar-refractivity contribution is -0.129. The molecule has 1 aliphatic heterocycles. The molecule has 0 radical (unpaired) electrons. The summed E-state index contributed by atoms with van der Waals surface area (Å²) in [4.78, 5) is 16.1. The highest BCUT2D eigenvalue weighted by Crippen LogP contribution is 2.21. The van der Waals surface area contributed by atoms with Crippen LogP contribution in [-0.2, 0) is 9.53 Å². The number of hydrogen-bond donors (Lipinski definition) is 0. The smallest absolute Gasteiger partial charge is 0.363 e. The first-order valence-corrected chi connectivity index (χ1v) is 7.56. The standard InChI is InChI=1S/C19H16FNO3/c1-12(2)23-16-8-6-13(7-9-16)10-17-19(22)24-18(21-17)14-4-3-5-15(20)11-14/h3-12H,1-2H3/b17-10-. The molecule has 0 saturated carbocycles.